The Morgan fingerprint density at radius 1 is 1.00 bits per heavy atom. The molecule has 0 saturated heterocycles. The monoisotopic (exact) mass is 398 g/mol. The van der Waals surface area contributed by atoms with Crippen LogP contribution in [-0.2, 0) is 14.6 Å². The minimum Gasteiger partial charge on any atom is -0.443 e. The summed E-state index contributed by atoms with van der Waals surface area (Å²) < 4.78 is 31.4. The van der Waals surface area contributed by atoms with Crippen molar-refractivity contribution in [3.63, 3.8) is 0 Å². The number of ether oxygens (including phenoxy) is 1. The fourth-order valence-electron chi connectivity index (χ4n) is 2.67. The Bertz CT molecular complexity index is 1020. The minimum absolute atomic E-state index is 0.0317. The van der Waals surface area contributed by atoms with Crippen LogP contribution >= 0.6 is 0 Å². The maximum Gasteiger partial charge on any atom is 0.416 e. The Morgan fingerprint density at radius 3 is 2.14 bits per heavy atom. The maximum absolute atomic E-state index is 13.0. The molecule has 2 aromatic carbocycles. The smallest absolute Gasteiger partial charge is 0.416 e. The van der Waals surface area contributed by atoms with Crippen LogP contribution in [0.4, 0.5) is 4.79 Å². The first-order valence-corrected chi connectivity index (χ1v) is 10.3. The molecule has 0 unspecified atom stereocenters. The fraction of sp³-hybridized carbons (Fsp3) is 0.238. The standard InChI is InChI=1S/C21H22N2O4S/c1-21(2,3)27-20(24)23-15-18(28(25,26)17-12-8-5-9-13-17)14-22-19(23)16-10-6-4-7-11-16/h4-14H,15H2,1-3H3. The van der Waals surface area contributed by atoms with E-state index < -0.39 is 21.5 Å². The number of nitrogens with zero attached hydrogens (tertiary/aromatic N) is 2. The Kier molecular flexibility index (Phi) is 5.38. The summed E-state index contributed by atoms with van der Waals surface area (Å²) in [5.41, 5.74) is -0.0285. The van der Waals surface area contributed by atoms with Gasteiger partial charge in [-0.15, -0.1) is 0 Å². The van der Waals surface area contributed by atoms with Gasteiger partial charge in [-0.05, 0) is 32.9 Å². The second-order valence-electron chi connectivity index (χ2n) is 7.30. The third kappa shape index (κ3) is 4.31. The van der Waals surface area contributed by atoms with Crippen LogP contribution < -0.4 is 0 Å². The van der Waals surface area contributed by atoms with Gasteiger partial charge in [-0.1, -0.05) is 48.5 Å². The second-order valence-corrected chi connectivity index (χ2v) is 9.30. The van der Waals surface area contributed by atoms with E-state index in [1.165, 1.54) is 23.2 Å². The van der Waals surface area contributed by atoms with Crippen molar-refractivity contribution in [2.24, 2.45) is 4.99 Å². The molecule has 28 heavy (non-hydrogen) atoms. The maximum atomic E-state index is 13.0. The summed E-state index contributed by atoms with van der Waals surface area (Å²) >= 11 is 0. The van der Waals surface area contributed by atoms with Gasteiger partial charge in [0.15, 0.2) is 0 Å². The van der Waals surface area contributed by atoms with Crippen LogP contribution in [0.2, 0.25) is 0 Å². The van der Waals surface area contributed by atoms with Gasteiger partial charge in [-0.2, -0.15) is 0 Å². The van der Waals surface area contributed by atoms with Crippen LogP contribution in [-0.4, -0.2) is 37.4 Å². The summed E-state index contributed by atoms with van der Waals surface area (Å²) in [6.45, 7) is 5.11. The molecule has 1 heterocycles. The summed E-state index contributed by atoms with van der Waals surface area (Å²) in [7, 11) is -3.77. The van der Waals surface area contributed by atoms with Crippen LogP contribution in [0.5, 0.6) is 0 Å². The molecule has 6 nitrogen and oxygen atoms in total. The molecule has 0 spiro atoms. The van der Waals surface area contributed by atoms with Crippen molar-refractivity contribution in [3.8, 4) is 0 Å². The van der Waals surface area contributed by atoms with Crippen LogP contribution in [0.3, 0.4) is 0 Å². The fourth-order valence-corrected chi connectivity index (χ4v) is 3.97. The Hall–Kier alpha value is -2.93. The molecule has 2 aromatic rings. The molecule has 0 aliphatic carbocycles. The summed E-state index contributed by atoms with van der Waals surface area (Å²) in [4.78, 5) is 18.6. The van der Waals surface area contributed by atoms with Gasteiger partial charge in [0, 0.05) is 11.8 Å². The number of sulfone groups is 1. The van der Waals surface area contributed by atoms with Gasteiger partial charge >= 0.3 is 6.09 Å². The quantitative estimate of drug-likeness (QED) is 0.783. The van der Waals surface area contributed by atoms with Gasteiger partial charge < -0.3 is 4.74 Å². The van der Waals surface area contributed by atoms with E-state index >= 15 is 0 Å². The molecular weight excluding hydrogens is 376 g/mol. The summed E-state index contributed by atoms with van der Waals surface area (Å²) in [6.07, 6.45) is 0.662. The van der Waals surface area contributed by atoms with E-state index in [4.69, 9.17) is 4.74 Å². The molecule has 1 aliphatic heterocycles. The number of amides is 1. The third-order valence-electron chi connectivity index (χ3n) is 3.94. The SMILES string of the molecule is CC(C)(C)OC(=O)N1CC(S(=O)(=O)c2ccccc2)=CN=C1c1ccccc1. The van der Waals surface area contributed by atoms with Crippen LogP contribution in [0.25, 0.3) is 0 Å². The van der Waals surface area contributed by atoms with Crippen LogP contribution in [0, 0.1) is 0 Å². The lowest BCUT2D eigenvalue weighted by Crippen LogP contribution is -2.44. The molecule has 0 atom stereocenters. The zero-order chi connectivity index (χ0) is 20.4. The molecule has 0 fully saturated rings. The van der Waals surface area contributed by atoms with Gasteiger partial charge in [0.2, 0.25) is 9.84 Å². The van der Waals surface area contributed by atoms with E-state index in [-0.39, 0.29) is 16.3 Å². The summed E-state index contributed by atoms with van der Waals surface area (Å²) in [6, 6.07) is 17.2. The molecule has 0 N–H and O–H groups in total. The average molecular weight is 398 g/mol. The van der Waals surface area contributed by atoms with Crippen molar-refractivity contribution in [2.45, 2.75) is 31.3 Å². The third-order valence-corrected chi connectivity index (χ3v) is 5.76. The van der Waals surface area contributed by atoms with Gasteiger partial charge in [0.1, 0.15) is 11.4 Å². The van der Waals surface area contributed by atoms with Crippen molar-refractivity contribution in [1.29, 1.82) is 0 Å². The van der Waals surface area contributed by atoms with E-state index in [2.05, 4.69) is 4.99 Å². The first kappa shape index (κ1) is 19.8. The molecule has 3 rings (SSSR count). The van der Waals surface area contributed by atoms with Crippen molar-refractivity contribution >= 4 is 21.8 Å². The number of hydrogen-bond donors (Lipinski definition) is 0. The zero-order valence-electron chi connectivity index (χ0n) is 16.0. The number of aliphatic imine (C=N–C) groups is 1. The predicted molar refractivity (Wildman–Crippen MR) is 108 cm³/mol. The van der Waals surface area contributed by atoms with Crippen molar-refractivity contribution in [3.05, 3.63) is 77.3 Å². The number of rotatable bonds is 3. The molecule has 0 bridgehead atoms. The summed E-state index contributed by atoms with van der Waals surface area (Å²) in [5, 5.41) is 0. The minimum atomic E-state index is -3.77. The molecular formula is C21H22N2O4S. The lowest BCUT2D eigenvalue weighted by Gasteiger charge is -2.30. The number of carbonyl (C=O) groups excluding carboxylic acids is 1. The highest BCUT2D eigenvalue weighted by Gasteiger charge is 2.33. The molecule has 7 heteroatoms. The van der Waals surface area contributed by atoms with E-state index in [9.17, 15) is 13.2 Å². The largest absolute Gasteiger partial charge is 0.443 e. The number of carbonyl (C=O) groups is 1. The molecule has 0 aromatic heterocycles. The van der Waals surface area contributed by atoms with Gasteiger partial charge in [-0.25, -0.2) is 18.2 Å². The van der Waals surface area contributed by atoms with E-state index in [1.54, 1.807) is 51.1 Å². The average Bonchev–Trinajstić information content (AvgIpc) is 2.67. The highest BCUT2D eigenvalue weighted by molar-refractivity contribution is 7.95. The Labute approximate surface area is 165 Å². The van der Waals surface area contributed by atoms with Crippen molar-refractivity contribution in [1.82, 2.24) is 4.90 Å². The molecule has 0 saturated carbocycles. The van der Waals surface area contributed by atoms with E-state index in [0.717, 1.165) is 0 Å². The Balaban J connectivity index is 2.03. The lowest BCUT2D eigenvalue weighted by atomic mass is 10.1. The molecule has 1 aliphatic rings. The van der Waals surface area contributed by atoms with Crippen LogP contribution in [0.15, 0.2) is 81.7 Å². The Morgan fingerprint density at radius 2 is 1.57 bits per heavy atom. The van der Waals surface area contributed by atoms with Gasteiger partial charge in [0.05, 0.1) is 16.3 Å². The number of hydrogen-bond acceptors (Lipinski definition) is 5. The predicted octanol–water partition coefficient (Wildman–Crippen LogP) is 4.00. The second kappa shape index (κ2) is 7.59. The van der Waals surface area contributed by atoms with Crippen molar-refractivity contribution < 1.29 is 17.9 Å². The first-order chi connectivity index (χ1) is 13.2. The van der Waals surface area contributed by atoms with E-state index in [1.807, 2.05) is 18.2 Å². The lowest BCUT2D eigenvalue weighted by molar-refractivity contribution is 0.0382. The molecule has 146 valence electrons. The molecule has 1 amide bonds. The van der Waals surface area contributed by atoms with E-state index in [0.29, 0.717) is 11.4 Å². The highest BCUT2D eigenvalue weighted by Crippen LogP contribution is 2.25. The number of amidine groups is 1. The van der Waals surface area contributed by atoms with Crippen molar-refractivity contribution in [2.75, 3.05) is 6.54 Å². The summed E-state index contributed by atoms with van der Waals surface area (Å²) in [5.74, 6) is 0.349. The normalized spacial score (nSPS) is 14.9. The topological polar surface area (TPSA) is 76.0 Å². The van der Waals surface area contributed by atoms with Gasteiger partial charge in [0.25, 0.3) is 0 Å². The van der Waals surface area contributed by atoms with Crippen LogP contribution in [0.1, 0.15) is 26.3 Å². The van der Waals surface area contributed by atoms with Gasteiger partial charge in [-0.3, -0.25) is 4.90 Å². The molecule has 0 radical (unpaired) electrons. The first-order valence-electron chi connectivity index (χ1n) is 8.81. The zero-order valence-corrected chi connectivity index (χ0v) is 16.8. The highest BCUT2D eigenvalue weighted by atomic mass is 32.2. The number of benzene rings is 2.